The average molecular weight is 388 g/mol. The molecule has 0 unspecified atom stereocenters. The number of rotatable bonds is 6. The maximum atomic E-state index is 12.3. The summed E-state index contributed by atoms with van der Waals surface area (Å²) in [7, 11) is 0. The molecule has 1 amide bonds. The summed E-state index contributed by atoms with van der Waals surface area (Å²) in [5.74, 6) is -1.01. The van der Waals surface area contributed by atoms with Gasteiger partial charge in [0, 0.05) is 10.9 Å². The lowest BCUT2D eigenvalue weighted by atomic mass is 10.0. The minimum absolute atomic E-state index is 0.0485. The highest BCUT2D eigenvalue weighted by molar-refractivity contribution is 9.10. The molecule has 1 fully saturated rings. The summed E-state index contributed by atoms with van der Waals surface area (Å²) in [6.07, 6.45) is 2.56. The molecule has 0 atom stereocenters. The van der Waals surface area contributed by atoms with Crippen molar-refractivity contribution in [1.29, 1.82) is 0 Å². The molecule has 0 radical (unpaired) electrons. The zero-order valence-corrected chi connectivity index (χ0v) is 14.7. The van der Waals surface area contributed by atoms with E-state index in [-0.39, 0.29) is 23.4 Å². The van der Waals surface area contributed by atoms with Gasteiger partial charge in [-0.2, -0.15) is 0 Å². The minimum Gasteiger partial charge on any atom is -0.478 e. The van der Waals surface area contributed by atoms with Crippen LogP contribution in [0, 0.1) is 0 Å². The largest absolute Gasteiger partial charge is 0.478 e. The summed E-state index contributed by atoms with van der Waals surface area (Å²) in [4.78, 5) is 23.6. The van der Waals surface area contributed by atoms with Gasteiger partial charge in [-0.1, -0.05) is 46.3 Å². The smallest absolute Gasteiger partial charge is 0.335 e. The summed E-state index contributed by atoms with van der Waals surface area (Å²) in [5.41, 5.74) is 1.80. The number of hydrogen-bond acceptors (Lipinski definition) is 2. The first-order chi connectivity index (χ1) is 11.5. The maximum Gasteiger partial charge on any atom is 0.335 e. The molecule has 1 aliphatic rings. The van der Waals surface area contributed by atoms with E-state index < -0.39 is 5.97 Å². The molecule has 0 heterocycles. The van der Waals surface area contributed by atoms with Crippen molar-refractivity contribution in [2.45, 2.75) is 31.2 Å². The Hall–Kier alpha value is -2.14. The maximum absolute atomic E-state index is 12.3. The third kappa shape index (κ3) is 3.67. The van der Waals surface area contributed by atoms with Gasteiger partial charge in [-0.25, -0.2) is 4.79 Å². The van der Waals surface area contributed by atoms with Gasteiger partial charge >= 0.3 is 5.97 Å². The Labute approximate surface area is 149 Å². The van der Waals surface area contributed by atoms with Gasteiger partial charge in [0.15, 0.2) is 0 Å². The molecule has 2 N–H and O–H groups in total. The standard InChI is InChI=1S/C19H18BrNO3/c20-15-6-3-5-14(12-15)19(10-11-19)21-17(22)9-8-13-4-1-2-7-16(13)18(23)24/h1-7,12H,8-11H2,(H,21,22)(H,23,24). The third-order valence-electron chi connectivity index (χ3n) is 4.38. The lowest BCUT2D eigenvalue weighted by Crippen LogP contribution is -2.35. The van der Waals surface area contributed by atoms with Crippen molar-refractivity contribution in [3.8, 4) is 0 Å². The van der Waals surface area contributed by atoms with Gasteiger partial charge in [0.1, 0.15) is 0 Å². The van der Waals surface area contributed by atoms with Gasteiger partial charge in [-0.15, -0.1) is 0 Å². The molecule has 0 aromatic heterocycles. The average Bonchev–Trinajstić information content (AvgIpc) is 3.34. The zero-order valence-electron chi connectivity index (χ0n) is 13.1. The van der Waals surface area contributed by atoms with Crippen LogP contribution in [0.3, 0.4) is 0 Å². The van der Waals surface area contributed by atoms with Crippen molar-refractivity contribution in [2.24, 2.45) is 0 Å². The topological polar surface area (TPSA) is 66.4 Å². The number of carbonyl (C=O) groups excluding carboxylic acids is 1. The Balaban J connectivity index is 1.64. The van der Waals surface area contributed by atoms with Crippen LogP contribution in [0.15, 0.2) is 53.0 Å². The number of carbonyl (C=O) groups is 2. The molecular weight excluding hydrogens is 370 g/mol. The van der Waals surface area contributed by atoms with Gasteiger partial charge < -0.3 is 10.4 Å². The Kier molecular flexibility index (Phi) is 4.71. The number of amides is 1. The molecule has 1 saturated carbocycles. The van der Waals surface area contributed by atoms with E-state index in [2.05, 4.69) is 21.2 Å². The fraction of sp³-hybridized carbons (Fsp3) is 0.263. The number of aromatic carboxylic acids is 1. The first-order valence-corrected chi connectivity index (χ1v) is 8.68. The number of aryl methyl sites for hydroxylation is 1. The minimum atomic E-state index is -0.959. The summed E-state index contributed by atoms with van der Waals surface area (Å²) >= 11 is 3.46. The fourth-order valence-electron chi connectivity index (χ4n) is 2.92. The Bertz CT molecular complexity index is 784. The SMILES string of the molecule is O=C(CCc1ccccc1C(=O)O)NC1(c2cccc(Br)c2)CC1. The molecule has 2 aromatic carbocycles. The quantitative estimate of drug-likeness (QED) is 0.789. The van der Waals surface area contributed by atoms with Gasteiger partial charge in [-0.05, 0) is 48.6 Å². The predicted octanol–water partition coefficient (Wildman–Crippen LogP) is 3.89. The summed E-state index contributed by atoms with van der Waals surface area (Å²) in [5, 5.41) is 12.3. The van der Waals surface area contributed by atoms with Crippen LogP contribution in [-0.4, -0.2) is 17.0 Å². The van der Waals surface area contributed by atoms with Crippen LogP contribution < -0.4 is 5.32 Å². The van der Waals surface area contributed by atoms with Gasteiger partial charge in [-0.3, -0.25) is 4.79 Å². The van der Waals surface area contributed by atoms with Gasteiger partial charge in [0.2, 0.25) is 5.91 Å². The number of hydrogen-bond donors (Lipinski definition) is 2. The molecule has 124 valence electrons. The van der Waals surface area contributed by atoms with Crippen molar-refractivity contribution in [1.82, 2.24) is 5.32 Å². The van der Waals surface area contributed by atoms with E-state index in [1.54, 1.807) is 24.3 Å². The fourth-order valence-corrected chi connectivity index (χ4v) is 3.32. The number of carboxylic acid groups (broad SMARTS) is 1. The molecule has 2 aromatic rings. The van der Waals surface area contributed by atoms with E-state index in [1.807, 2.05) is 24.3 Å². The predicted molar refractivity (Wildman–Crippen MR) is 94.9 cm³/mol. The van der Waals surface area contributed by atoms with Crippen molar-refractivity contribution in [3.63, 3.8) is 0 Å². The second-order valence-corrected chi connectivity index (χ2v) is 7.02. The highest BCUT2D eigenvalue weighted by Crippen LogP contribution is 2.46. The van der Waals surface area contributed by atoms with Crippen molar-refractivity contribution in [2.75, 3.05) is 0 Å². The van der Waals surface area contributed by atoms with E-state index in [4.69, 9.17) is 0 Å². The first kappa shape index (κ1) is 16.7. The second kappa shape index (κ2) is 6.77. The monoisotopic (exact) mass is 387 g/mol. The first-order valence-electron chi connectivity index (χ1n) is 7.88. The van der Waals surface area contributed by atoms with Crippen LogP contribution in [0.1, 0.15) is 40.7 Å². The molecule has 3 rings (SSSR count). The van der Waals surface area contributed by atoms with Crippen molar-refractivity contribution in [3.05, 3.63) is 69.7 Å². The Morgan fingerprint density at radius 1 is 1.12 bits per heavy atom. The summed E-state index contributed by atoms with van der Waals surface area (Å²) < 4.78 is 0.996. The third-order valence-corrected chi connectivity index (χ3v) is 4.87. The van der Waals surface area contributed by atoms with Gasteiger partial charge in [0.25, 0.3) is 0 Å². The van der Waals surface area contributed by atoms with Crippen molar-refractivity contribution < 1.29 is 14.7 Å². The number of halogens is 1. The van der Waals surface area contributed by atoms with E-state index in [0.29, 0.717) is 12.0 Å². The molecular formula is C19H18BrNO3. The van der Waals surface area contributed by atoms with E-state index in [1.165, 1.54) is 0 Å². The Morgan fingerprint density at radius 2 is 1.88 bits per heavy atom. The molecule has 4 nitrogen and oxygen atoms in total. The lowest BCUT2D eigenvalue weighted by Gasteiger charge is -2.18. The van der Waals surface area contributed by atoms with Crippen LogP contribution in [0.25, 0.3) is 0 Å². The summed E-state index contributed by atoms with van der Waals surface area (Å²) in [6, 6.07) is 14.8. The van der Waals surface area contributed by atoms with Crippen LogP contribution in [0.5, 0.6) is 0 Å². The lowest BCUT2D eigenvalue weighted by molar-refractivity contribution is -0.122. The van der Waals surface area contributed by atoms with E-state index in [9.17, 15) is 14.7 Å². The summed E-state index contributed by atoms with van der Waals surface area (Å²) in [6.45, 7) is 0. The van der Waals surface area contributed by atoms with Crippen LogP contribution in [-0.2, 0) is 16.8 Å². The highest BCUT2D eigenvalue weighted by atomic mass is 79.9. The van der Waals surface area contributed by atoms with Crippen LogP contribution in [0.4, 0.5) is 0 Å². The van der Waals surface area contributed by atoms with E-state index in [0.717, 1.165) is 22.9 Å². The second-order valence-electron chi connectivity index (χ2n) is 6.10. The molecule has 24 heavy (non-hydrogen) atoms. The van der Waals surface area contributed by atoms with Crippen LogP contribution >= 0.6 is 15.9 Å². The van der Waals surface area contributed by atoms with Crippen molar-refractivity contribution >= 4 is 27.8 Å². The Morgan fingerprint density at radius 3 is 2.54 bits per heavy atom. The highest BCUT2D eigenvalue weighted by Gasteiger charge is 2.45. The van der Waals surface area contributed by atoms with Crippen LogP contribution in [0.2, 0.25) is 0 Å². The number of nitrogens with one attached hydrogen (secondary N) is 1. The number of benzene rings is 2. The normalized spacial score (nSPS) is 14.9. The molecule has 0 aliphatic heterocycles. The van der Waals surface area contributed by atoms with Gasteiger partial charge in [0.05, 0.1) is 11.1 Å². The molecule has 1 aliphatic carbocycles. The molecule has 0 bridgehead atoms. The number of carboxylic acids is 1. The zero-order chi connectivity index (χ0) is 17.2. The molecule has 0 spiro atoms. The van der Waals surface area contributed by atoms with E-state index >= 15 is 0 Å². The molecule has 0 saturated heterocycles. The molecule has 5 heteroatoms.